The third kappa shape index (κ3) is 3.96. The third-order valence-corrected chi connectivity index (χ3v) is 3.43. The van der Waals surface area contributed by atoms with Crippen LogP contribution in [0, 0.1) is 5.92 Å². The largest absolute Gasteiger partial charge is 0.494 e. The highest BCUT2D eigenvalue weighted by molar-refractivity contribution is 5.92. The van der Waals surface area contributed by atoms with E-state index in [2.05, 4.69) is 17.3 Å². The number of hydrogen-bond acceptors (Lipinski definition) is 3. The molecule has 1 N–H and O–H groups in total. The zero-order valence-corrected chi connectivity index (χ0v) is 11.7. The maximum absolute atomic E-state index is 12.2. The van der Waals surface area contributed by atoms with Crippen LogP contribution in [0.5, 0.6) is 5.75 Å². The van der Waals surface area contributed by atoms with E-state index in [1.165, 1.54) is 0 Å². The molecule has 1 saturated heterocycles. The number of piperidine rings is 1. The molecule has 1 amide bonds. The van der Waals surface area contributed by atoms with E-state index in [-0.39, 0.29) is 11.8 Å². The lowest BCUT2D eigenvalue weighted by molar-refractivity contribution is -0.121. The monoisotopic (exact) mass is 262 g/mol. The van der Waals surface area contributed by atoms with E-state index in [1.807, 2.05) is 31.2 Å². The summed E-state index contributed by atoms with van der Waals surface area (Å²) in [4.78, 5) is 14.4. The average Bonchev–Trinajstić information content (AvgIpc) is 2.41. The Kier molecular flexibility index (Phi) is 4.80. The molecular formula is C15H22N2O2. The number of ether oxygens (including phenoxy) is 1. The highest BCUT2D eigenvalue weighted by Gasteiger charge is 2.23. The summed E-state index contributed by atoms with van der Waals surface area (Å²) < 4.78 is 5.38. The highest BCUT2D eigenvalue weighted by Crippen LogP contribution is 2.19. The number of hydrogen-bond donors (Lipinski definition) is 1. The Morgan fingerprint density at radius 2 is 2.16 bits per heavy atom. The number of carbonyl (C=O) groups excluding carboxylic acids is 1. The van der Waals surface area contributed by atoms with Crippen molar-refractivity contribution in [3.63, 3.8) is 0 Å². The second-order valence-electron chi connectivity index (χ2n) is 5.05. The summed E-state index contributed by atoms with van der Waals surface area (Å²) in [7, 11) is 2.07. The minimum absolute atomic E-state index is 0.102. The van der Waals surface area contributed by atoms with Gasteiger partial charge in [0.25, 0.3) is 0 Å². The Bertz CT molecular complexity index is 417. The molecule has 1 aliphatic heterocycles. The van der Waals surface area contributed by atoms with Crippen molar-refractivity contribution in [1.82, 2.24) is 4.90 Å². The van der Waals surface area contributed by atoms with Crippen molar-refractivity contribution < 1.29 is 9.53 Å². The SMILES string of the molecule is CCOc1ccc(NC(=O)[C@H]2CCCN(C)C2)cc1. The number of benzene rings is 1. The molecule has 0 spiro atoms. The third-order valence-electron chi connectivity index (χ3n) is 3.43. The summed E-state index contributed by atoms with van der Waals surface area (Å²) >= 11 is 0. The van der Waals surface area contributed by atoms with E-state index in [9.17, 15) is 4.79 Å². The molecule has 1 atom stereocenters. The van der Waals surface area contributed by atoms with Gasteiger partial charge in [0.15, 0.2) is 0 Å². The lowest BCUT2D eigenvalue weighted by Crippen LogP contribution is -2.38. The van der Waals surface area contributed by atoms with Crippen LogP contribution in [0.4, 0.5) is 5.69 Å². The van der Waals surface area contributed by atoms with Crippen LogP contribution < -0.4 is 10.1 Å². The van der Waals surface area contributed by atoms with Crippen LogP contribution in [0.3, 0.4) is 0 Å². The number of likely N-dealkylation sites (tertiary alicyclic amines) is 1. The zero-order valence-electron chi connectivity index (χ0n) is 11.7. The van der Waals surface area contributed by atoms with Gasteiger partial charge < -0.3 is 15.0 Å². The van der Waals surface area contributed by atoms with E-state index in [0.29, 0.717) is 6.61 Å². The molecule has 2 rings (SSSR count). The van der Waals surface area contributed by atoms with Crippen LogP contribution in [-0.4, -0.2) is 37.6 Å². The van der Waals surface area contributed by atoms with E-state index in [1.54, 1.807) is 0 Å². The molecule has 0 radical (unpaired) electrons. The number of rotatable bonds is 4. The second kappa shape index (κ2) is 6.57. The van der Waals surface area contributed by atoms with Crippen molar-refractivity contribution >= 4 is 11.6 Å². The minimum atomic E-state index is 0.102. The van der Waals surface area contributed by atoms with Gasteiger partial charge in [0.05, 0.1) is 12.5 Å². The van der Waals surface area contributed by atoms with Gasteiger partial charge in [0.2, 0.25) is 5.91 Å². The van der Waals surface area contributed by atoms with Crippen molar-refractivity contribution in [2.24, 2.45) is 5.92 Å². The summed E-state index contributed by atoms with van der Waals surface area (Å²) in [5, 5.41) is 2.98. The molecule has 1 fully saturated rings. The predicted octanol–water partition coefficient (Wildman–Crippen LogP) is 2.37. The fourth-order valence-electron chi connectivity index (χ4n) is 2.43. The van der Waals surface area contributed by atoms with Gasteiger partial charge in [0.1, 0.15) is 5.75 Å². The van der Waals surface area contributed by atoms with Gasteiger partial charge in [-0.15, -0.1) is 0 Å². The Morgan fingerprint density at radius 3 is 2.79 bits per heavy atom. The van der Waals surface area contributed by atoms with Gasteiger partial charge in [-0.3, -0.25) is 4.79 Å². The number of anilines is 1. The first-order valence-corrected chi connectivity index (χ1v) is 6.91. The number of nitrogens with zero attached hydrogens (tertiary/aromatic N) is 1. The van der Waals surface area contributed by atoms with Crippen LogP contribution in [-0.2, 0) is 4.79 Å². The van der Waals surface area contributed by atoms with Gasteiger partial charge in [-0.1, -0.05) is 0 Å². The summed E-state index contributed by atoms with van der Waals surface area (Å²) in [6.07, 6.45) is 2.07. The Morgan fingerprint density at radius 1 is 1.42 bits per heavy atom. The maximum Gasteiger partial charge on any atom is 0.228 e. The molecule has 1 aliphatic rings. The summed E-state index contributed by atoms with van der Waals surface area (Å²) in [5.41, 5.74) is 0.835. The lowest BCUT2D eigenvalue weighted by Gasteiger charge is -2.28. The summed E-state index contributed by atoms with van der Waals surface area (Å²) in [6, 6.07) is 7.53. The van der Waals surface area contributed by atoms with E-state index < -0.39 is 0 Å². The summed E-state index contributed by atoms with van der Waals surface area (Å²) in [5.74, 6) is 1.05. The van der Waals surface area contributed by atoms with Gasteiger partial charge in [-0.2, -0.15) is 0 Å². The first kappa shape index (κ1) is 13.9. The number of amides is 1. The van der Waals surface area contributed by atoms with Gasteiger partial charge in [-0.25, -0.2) is 0 Å². The van der Waals surface area contributed by atoms with Crippen molar-refractivity contribution in [3.8, 4) is 5.75 Å². The molecule has 0 aromatic heterocycles. The van der Waals surface area contributed by atoms with Crippen molar-refractivity contribution in [2.45, 2.75) is 19.8 Å². The Hall–Kier alpha value is -1.55. The molecule has 19 heavy (non-hydrogen) atoms. The van der Waals surface area contributed by atoms with E-state index in [0.717, 1.165) is 37.4 Å². The smallest absolute Gasteiger partial charge is 0.228 e. The van der Waals surface area contributed by atoms with Gasteiger partial charge in [0, 0.05) is 12.2 Å². The first-order valence-electron chi connectivity index (χ1n) is 6.91. The normalized spacial score (nSPS) is 20.0. The quantitative estimate of drug-likeness (QED) is 0.905. The van der Waals surface area contributed by atoms with Crippen LogP contribution in [0.15, 0.2) is 24.3 Å². The predicted molar refractivity (Wildman–Crippen MR) is 76.5 cm³/mol. The molecule has 4 heteroatoms. The Balaban J connectivity index is 1.90. The fraction of sp³-hybridized carbons (Fsp3) is 0.533. The Labute approximate surface area is 114 Å². The number of carbonyl (C=O) groups is 1. The van der Waals surface area contributed by atoms with Crippen molar-refractivity contribution in [3.05, 3.63) is 24.3 Å². The van der Waals surface area contributed by atoms with Gasteiger partial charge in [-0.05, 0) is 57.6 Å². The fourth-order valence-corrected chi connectivity index (χ4v) is 2.43. The molecule has 0 unspecified atom stereocenters. The topological polar surface area (TPSA) is 41.6 Å². The van der Waals surface area contributed by atoms with Crippen LogP contribution in [0.1, 0.15) is 19.8 Å². The van der Waals surface area contributed by atoms with E-state index in [4.69, 9.17) is 4.74 Å². The van der Waals surface area contributed by atoms with Crippen molar-refractivity contribution in [2.75, 3.05) is 32.1 Å². The molecule has 0 bridgehead atoms. The molecule has 1 aromatic carbocycles. The zero-order chi connectivity index (χ0) is 13.7. The van der Waals surface area contributed by atoms with E-state index >= 15 is 0 Å². The van der Waals surface area contributed by atoms with Crippen LogP contribution in [0.2, 0.25) is 0 Å². The molecule has 1 heterocycles. The molecule has 104 valence electrons. The van der Waals surface area contributed by atoms with Gasteiger partial charge >= 0.3 is 0 Å². The standard InChI is InChI=1S/C15H22N2O2/c1-3-19-14-8-6-13(7-9-14)16-15(18)12-5-4-10-17(2)11-12/h6-9,12H,3-5,10-11H2,1-2H3,(H,16,18)/t12-/m0/s1. The molecule has 0 aliphatic carbocycles. The number of nitrogens with one attached hydrogen (secondary N) is 1. The second-order valence-corrected chi connectivity index (χ2v) is 5.05. The molecule has 4 nitrogen and oxygen atoms in total. The van der Waals surface area contributed by atoms with Crippen LogP contribution >= 0.6 is 0 Å². The minimum Gasteiger partial charge on any atom is -0.494 e. The average molecular weight is 262 g/mol. The maximum atomic E-state index is 12.2. The molecule has 1 aromatic rings. The highest BCUT2D eigenvalue weighted by atomic mass is 16.5. The van der Waals surface area contributed by atoms with Crippen LogP contribution in [0.25, 0.3) is 0 Å². The molecule has 0 saturated carbocycles. The molecular weight excluding hydrogens is 240 g/mol. The lowest BCUT2D eigenvalue weighted by atomic mass is 9.97. The van der Waals surface area contributed by atoms with Crippen molar-refractivity contribution in [1.29, 1.82) is 0 Å². The summed E-state index contributed by atoms with van der Waals surface area (Å²) in [6.45, 7) is 4.55. The first-order chi connectivity index (χ1) is 9.19.